The van der Waals surface area contributed by atoms with E-state index in [2.05, 4.69) is 5.32 Å². The van der Waals surface area contributed by atoms with Crippen molar-refractivity contribution in [1.82, 2.24) is 0 Å². The number of carbonyl (C=O) groups is 1. The van der Waals surface area contributed by atoms with Crippen molar-refractivity contribution in [3.05, 3.63) is 23.5 Å². The van der Waals surface area contributed by atoms with Gasteiger partial charge in [0, 0.05) is 6.04 Å². The quantitative estimate of drug-likeness (QED) is 0.580. The van der Waals surface area contributed by atoms with Crippen LogP contribution < -0.4 is 11.1 Å². The van der Waals surface area contributed by atoms with E-state index >= 15 is 0 Å². The van der Waals surface area contributed by atoms with Gasteiger partial charge >= 0.3 is 5.97 Å². The maximum atomic E-state index is 13.3. The number of nitrogens with one attached hydrogen (secondary N) is 1. The van der Waals surface area contributed by atoms with Gasteiger partial charge in [-0.2, -0.15) is 0 Å². The van der Waals surface area contributed by atoms with E-state index in [1.54, 1.807) is 0 Å². The molecule has 0 aliphatic heterocycles. The lowest BCUT2D eigenvalue weighted by molar-refractivity contribution is 0.0698. The highest BCUT2D eigenvalue weighted by Crippen LogP contribution is 2.28. The summed E-state index contributed by atoms with van der Waals surface area (Å²) in [5.74, 6) is -1.89. The van der Waals surface area contributed by atoms with Crippen LogP contribution in [-0.4, -0.2) is 17.1 Å². The molecule has 104 valence electrons. The van der Waals surface area contributed by atoms with Crippen LogP contribution in [-0.2, 0) is 0 Å². The van der Waals surface area contributed by atoms with E-state index in [0.717, 1.165) is 25.7 Å². The third-order valence-electron chi connectivity index (χ3n) is 3.62. The molecule has 5 heteroatoms. The summed E-state index contributed by atoms with van der Waals surface area (Å²) in [6.45, 7) is 0. The van der Waals surface area contributed by atoms with Gasteiger partial charge in [0.15, 0.2) is 0 Å². The topological polar surface area (TPSA) is 75.3 Å². The fraction of sp³-hybridized carbons (Fsp3) is 0.500. The first-order valence-electron chi connectivity index (χ1n) is 6.67. The first-order valence-corrected chi connectivity index (χ1v) is 6.67. The number of nitrogen functional groups attached to an aromatic ring is 1. The number of carboxylic acid groups (broad SMARTS) is 1. The Kier molecular flexibility index (Phi) is 4.24. The van der Waals surface area contributed by atoms with Gasteiger partial charge < -0.3 is 16.2 Å². The Hall–Kier alpha value is -1.78. The lowest BCUT2D eigenvalue weighted by atomic mass is 10.1. The van der Waals surface area contributed by atoms with Crippen molar-refractivity contribution in [2.24, 2.45) is 0 Å². The summed E-state index contributed by atoms with van der Waals surface area (Å²) in [7, 11) is 0. The van der Waals surface area contributed by atoms with Crippen LogP contribution in [0.15, 0.2) is 12.1 Å². The number of carboxylic acids is 1. The molecule has 0 spiro atoms. The molecule has 1 fully saturated rings. The maximum absolute atomic E-state index is 13.3. The largest absolute Gasteiger partial charge is 0.478 e. The molecule has 1 aliphatic carbocycles. The summed E-state index contributed by atoms with van der Waals surface area (Å²) in [5, 5.41) is 12.4. The Bertz CT molecular complexity index is 469. The highest BCUT2D eigenvalue weighted by Gasteiger charge is 2.20. The second kappa shape index (κ2) is 5.91. The summed E-state index contributed by atoms with van der Waals surface area (Å²) in [4.78, 5) is 11.2. The van der Waals surface area contributed by atoms with Crippen LogP contribution in [0.25, 0.3) is 0 Å². The number of hydrogen-bond donors (Lipinski definition) is 3. The molecule has 1 aromatic rings. The minimum Gasteiger partial charge on any atom is -0.478 e. The second-order valence-electron chi connectivity index (χ2n) is 5.02. The number of hydrogen-bond acceptors (Lipinski definition) is 3. The van der Waals surface area contributed by atoms with E-state index < -0.39 is 11.8 Å². The zero-order valence-electron chi connectivity index (χ0n) is 10.8. The fourth-order valence-corrected chi connectivity index (χ4v) is 2.59. The van der Waals surface area contributed by atoms with Gasteiger partial charge in [0.2, 0.25) is 0 Å². The number of anilines is 2. The Morgan fingerprint density at radius 2 is 1.89 bits per heavy atom. The van der Waals surface area contributed by atoms with Gasteiger partial charge in [-0.15, -0.1) is 0 Å². The molecule has 2 rings (SSSR count). The number of aromatic carboxylic acids is 1. The van der Waals surface area contributed by atoms with Crippen molar-refractivity contribution >= 4 is 17.3 Å². The number of benzene rings is 1. The molecule has 1 aromatic carbocycles. The molecule has 0 radical (unpaired) electrons. The smallest absolute Gasteiger partial charge is 0.340 e. The van der Waals surface area contributed by atoms with Crippen LogP contribution in [0.2, 0.25) is 0 Å². The molecule has 0 unspecified atom stereocenters. The van der Waals surface area contributed by atoms with E-state index in [1.165, 1.54) is 25.0 Å². The Morgan fingerprint density at radius 3 is 2.47 bits per heavy atom. The van der Waals surface area contributed by atoms with E-state index in [-0.39, 0.29) is 17.3 Å². The summed E-state index contributed by atoms with van der Waals surface area (Å²) in [6, 6.07) is 2.91. The highest BCUT2D eigenvalue weighted by atomic mass is 19.1. The summed E-state index contributed by atoms with van der Waals surface area (Å²) >= 11 is 0. The summed E-state index contributed by atoms with van der Waals surface area (Å²) < 4.78 is 13.3. The first-order chi connectivity index (χ1) is 9.09. The van der Waals surface area contributed by atoms with Gasteiger partial charge in [0.05, 0.1) is 11.4 Å². The first kappa shape index (κ1) is 13.6. The third kappa shape index (κ3) is 3.16. The van der Waals surface area contributed by atoms with E-state index in [4.69, 9.17) is 10.8 Å². The predicted molar refractivity (Wildman–Crippen MR) is 72.9 cm³/mol. The van der Waals surface area contributed by atoms with Crippen molar-refractivity contribution in [2.45, 2.75) is 44.6 Å². The molecule has 0 heterocycles. The van der Waals surface area contributed by atoms with Gasteiger partial charge in [-0.3, -0.25) is 0 Å². The molecule has 0 amide bonds. The molecular weight excluding hydrogens is 247 g/mol. The fourth-order valence-electron chi connectivity index (χ4n) is 2.59. The van der Waals surface area contributed by atoms with Gasteiger partial charge in [0.25, 0.3) is 0 Å². The normalized spacial score (nSPS) is 16.9. The molecule has 0 atom stereocenters. The Morgan fingerprint density at radius 1 is 1.26 bits per heavy atom. The average molecular weight is 266 g/mol. The lowest BCUT2D eigenvalue weighted by Crippen LogP contribution is -2.21. The lowest BCUT2D eigenvalue weighted by Gasteiger charge is -2.20. The number of halogens is 1. The van der Waals surface area contributed by atoms with E-state index in [9.17, 15) is 9.18 Å². The average Bonchev–Trinajstić information content (AvgIpc) is 2.62. The van der Waals surface area contributed by atoms with Gasteiger partial charge in [-0.25, -0.2) is 9.18 Å². The van der Waals surface area contributed by atoms with Crippen LogP contribution in [0.5, 0.6) is 0 Å². The van der Waals surface area contributed by atoms with Crippen LogP contribution in [0, 0.1) is 5.82 Å². The predicted octanol–water partition coefficient (Wildman–Crippen LogP) is 3.24. The molecule has 0 saturated heterocycles. The third-order valence-corrected chi connectivity index (χ3v) is 3.62. The monoisotopic (exact) mass is 266 g/mol. The maximum Gasteiger partial charge on any atom is 0.340 e. The summed E-state index contributed by atoms with van der Waals surface area (Å²) in [5.41, 5.74) is 5.48. The van der Waals surface area contributed by atoms with Crippen LogP contribution >= 0.6 is 0 Å². The second-order valence-corrected chi connectivity index (χ2v) is 5.02. The van der Waals surface area contributed by atoms with Crippen LogP contribution in [0.3, 0.4) is 0 Å². The number of nitrogens with two attached hydrogens (primary N) is 1. The van der Waals surface area contributed by atoms with Crippen LogP contribution in [0.1, 0.15) is 48.9 Å². The van der Waals surface area contributed by atoms with Crippen molar-refractivity contribution in [3.63, 3.8) is 0 Å². The van der Waals surface area contributed by atoms with Crippen LogP contribution in [0.4, 0.5) is 15.8 Å². The molecular formula is C14H19FN2O2. The van der Waals surface area contributed by atoms with Gasteiger partial charge in [-0.1, -0.05) is 25.7 Å². The number of rotatable bonds is 3. The van der Waals surface area contributed by atoms with Gasteiger partial charge in [0.1, 0.15) is 11.4 Å². The Balaban J connectivity index is 2.24. The zero-order valence-corrected chi connectivity index (χ0v) is 10.8. The molecule has 0 bridgehead atoms. The molecule has 4 nitrogen and oxygen atoms in total. The Labute approximate surface area is 111 Å². The molecule has 4 N–H and O–H groups in total. The van der Waals surface area contributed by atoms with Gasteiger partial charge in [-0.05, 0) is 25.0 Å². The summed E-state index contributed by atoms with van der Waals surface area (Å²) in [6.07, 6.45) is 6.73. The molecule has 0 aromatic heterocycles. The standard InChI is InChI=1S/C14H19FN2O2/c15-10-7-8-11(12(13(10)16)14(18)19)17-9-5-3-1-2-4-6-9/h7-9,17H,1-6,16H2,(H,18,19). The van der Waals surface area contributed by atoms with Crippen molar-refractivity contribution in [2.75, 3.05) is 11.1 Å². The van der Waals surface area contributed by atoms with Crippen molar-refractivity contribution < 1.29 is 14.3 Å². The van der Waals surface area contributed by atoms with Crippen molar-refractivity contribution in [1.29, 1.82) is 0 Å². The van der Waals surface area contributed by atoms with E-state index in [1.807, 2.05) is 0 Å². The molecule has 1 aliphatic rings. The minimum absolute atomic E-state index is 0.163. The molecule has 1 saturated carbocycles. The molecule has 19 heavy (non-hydrogen) atoms. The highest BCUT2D eigenvalue weighted by molar-refractivity contribution is 6.00. The van der Waals surface area contributed by atoms with E-state index in [0.29, 0.717) is 5.69 Å². The van der Waals surface area contributed by atoms with Crippen molar-refractivity contribution in [3.8, 4) is 0 Å². The zero-order chi connectivity index (χ0) is 13.8. The SMILES string of the molecule is Nc1c(F)ccc(NC2CCCCCC2)c1C(=O)O. The minimum atomic E-state index is -1.20.